The Morgan fingerprint density at radius 2 is 1.88 bits per heavy atom. The van der Waals surface area contributed by atoms with E-state index in [2.05, 4.69) is 36.6 Å². The molecule has 2 heterocycles. The highest BCUT2D eigenvalue weighted by atomic mass is 79.9. The van der Waals surface area contributed by atoms with Crippen molar-refractivity contribution in [3.63, 3.8) is 0 Å². The van der Waals surface area contributed by atoms with Gasteiger partial charge in [-0.15, -0.1) is 10.2 Å². The van der Waals surface area contributed by atoms with Gasteiger partial charge in [-0.05, 0) is 53.6 Å². The van der Waals surface area contributed by atoms with E-state index in [9.17, 15) is 0 Å². The van der Waals surface area contributed by atoms with Crippen molar-refractivity contribution in [2.75, 3.05) is 0 Å². The zero-order valence-corrected chi connectivity index (χ0v) is 11.5. The third-order valence-corrected chi connectivity index (χ3v) is 4.87. The molecule has 0 spiro atoms. The fourth-order valence-electron chi connectivity index (χ4n) is 2.34. The number of pyridine rings is 1. The van der Waals surface area contributed by atoms with Gasteiger partial charge < -0.3 is 0 Å². The van der Waals surface area contributed by atoms with Gasteiger partial charge in [-0.25, -0.2) is 0 Å². The molecule has 2 fully saturated rings. The summed E-state index contributed by atoms with van der Waals surface area (Å²) in [7, 11) is 0. The summed E-state index contributed by atoms with van der Waals surface area (Å²) in [5.41, 5.74) is 2.17. The Bertz CT molecular complexity index is 614. The summed E-state index contributed by atoms with van der Waals surface area (Å²) < 4.78 is 3.09. The first-order valence-corrected chi connectivity index (χ1v) is 7.15. The molecule has 2 aliphatic carbocycles. The van der Waals surface area contributed by atoms with Gasteiger partial charge in [0, 0.05) is 11.6 Å². The Hall–Kier alpha value is -0.610. The van der Waals surface area contributed by atoms with E-state index in [4.69, 9.17) is 11.6 Å². The van der Waals surface area contributed by atoms with Crippen molar-refractivity contribution in [2.45, 2.75) is 37.5 Å². The lowest BCUT2D eigenvalue weighted by Crippen LogP contribution is -2.00. The second kappa shape index (κ2) is 3.45. The predicted octanol–water partition coefficient (Wildman–Crippen LogP) is 3.90. The topological polar surface area (TPSA) is 30.2 Å². The fraction of sp³-hybridized carbons (Fsp3) is 0.500. The zero-order valence-electron chi connectivity index (χ0n) is 9.16. The maximum Gasteiger partial charge on any atom is 0.176 e. The van der Waals surface area contributed by atoms with Crippen molar-refractivity contribution in [3.8, 4) is 0 Å². The minimum atomic E-state index is 0.607. The molecule has 4 rings (SSSR count). The van der Waals surface area contributed by atoms with Crippen molar-refractivity contribution < 1.29 is 0 Å². The second-order valence-electron chi connectivity index (χ2n) is 5.00. The molecular weight excluding hydrogens is 302 g/mol. The fourth-order valence-corrected chi connectivity index (χ4v) is 2.91. The lowest BCUT2D eigenvalue weighted by molar-refractivity contribution is 0.852. The van der Waals surface area contributed by atoms with E-state index in [1.165, 1.54) is 31.4 Å². The van der Waals surface area contributed by atoms with E-state index in [1.54, 1.807) is 0 Å². The number of hydrogen-bond acceptors (Lipinski definition) is 2. The molecule has 0 unspecified atom stereocenters. The number of hydrogen-bond donors (Lipinski definition) is 0. The molecule has 0 aliphatic heterocycles. The van der Waals surface area contributed by atoms with Gasteiger partial charge in [-0.1, -0.05) is 11.6 Å². The monoisotopic (exact) mass is 311 g/mol. The molecule has 17 heavy (non-hydrogen) atoms. The van der Waals surface area contributed by atoms with Crippen LogP contribution in [0.25, 0.3) is 5.65 Å². The third kappa shape index (κ3) is 1.54. The van der Waals surface area contributed by atoms with Crippen LogP contribution in [0.15, 0.2) is 10.5 Å². The maximum atomic E-state index is 6.24. The molecule has 0 bridgehead atoms. The SMILES string of the molecule is Clc1cc(C2CC2)n2c(C3CC3)nnc2c1Br. The molecule has 2 aromatic heterocycles. The van der Waals surface area contributed by atoms with Gasteiger partial charge in [0.05, 0.1) is 9.50 Å². The van der Waals surface area contributed by atoms with Crippen LogP contribution in [0.2, 0.25) is 5.02 Å². The Balaban J connectivity index is 2.06. The lowest BCUT2D eigenvalue weighted by Gasteiger charge is -2.08. The molecule has 0 radical (unpaired) electrons. The van der Waals surface area contributed by atoms with E-state index in [1.807, 2.05) is 0 Å². The first-order valence-electron chi connectivity index (χ1n) is 5.98. The number of fused-ring (bicyclic) bond motifs is 1. The van der Waals surface area contributed by atoms with E-state index in [0.29, 0.717) is 11.8 Å². The van der Waals surface area contributed by atoms with Crippen LogP contribution in [0.1, 0.15) is 49.0 Å². The number of halogens is 2. The van der Waals surface area contributed by atoms with Gasteiger partial charge in [0.15, 0.2) is 5.65 Å². The molecule has 0 N–H and O–H groups in total. The van der Waals surface area contributed by atoms with Gasteiger partial charge in [0.1, 0.15) is 5.82 Å². The van der Waals surface area contributed by atoms with Crippen molar-refractivity contribution in [3.05, 3.63) is 27.1 Å². The van der Waals surface area contributed by atoms with Crippen LogP contribution in [0.5, 0.6) is 0 Å². The largest absolute Gasteiger partial charge is 0.282 e. The molecule has 2 aliphatic rings. The van der Waals surface area contributed by atoms with Crippen LogP contribution in [-0.2, 0) is 0 Å². The summed E-state index contributed by atoms with van der Waals surface area (Å²) >= 11 is 9.75. The minimum absolute atomic E-state index is 0.607. The van der Waals surface area contributed by atoms with Crippen molar-refractivity contribution in [1.82, 2.24) is 14.6 Å². The molecule has 0 atom stereocenters. The van der Waals surface area contributed by atoms with Crippen LogP contribution in [0.4, 0.5) is 0 Å². The highest BCUT2D eigenvalue weighted by Crippen LogP contribution is 2.46. The molecule has 0 amide bonds. The summed E-state index contributed by atoms with van der Waals surface area (Å²) in [6.45, 7) is 0. The highest BCUT2D eigenvalue weighted by molar-refractivity contribution is 9.10. The summed E-state index contributed by atoms with van der Waals surface area (Å²) in [5, 5.41) is 9.39. The Labute approximate surface area is 112 Å². The standard InChI is InChI=1S/C12H11BrClN3/c13-10-8(14)5-9(6-1-2-6)17-11(7-3-4-7)15-16-12(10)17/h5-7H,1-4H2. The molecule has 2 aromatic rings. The molecule has 0 saturated heterocycles. The molecular formula is C12H11BrClN3. The maximum absolute atomic E-state index is 6.24. The smallest absolute Gasteiger partial charge is 0.176 e. The first-order chi connectivity index (χ1) is 8.25. The number of rotatable bonds is 2. The van der Waals surface area contributed by atoms with Gasteiger partial charge >= 0.3 is 0 Å². The summed E-state index contributed by atoms with van der Waals surface area (Å²) in [6, 6.07) is 2.07. The van der Waals surface area contributed by atoms with Gasteiger partial charge in [-0.2, -0.15) is 0 Å². The van der Waals surface area contributed by atoms with Crippen molar-refractivity contribution in [1.29, 1.82) is 0 Å². The second-order valence-corrected chi connectivity index (χ2v) is 6.20. The van der Waals surface area contributed by atoms with E-state index < -0.39 is 0 Å². The van der Waals surface area contributed by atoms with E-state index in [-0.39, 0.29) is 0 Å². The number of aromatic nitrogens is 3. The predicted molar refractivity (Wildman–Crippen MR) is 69.6 cm³/mol. The zero-order chi connectivity index (χ0) is 11.6. The van der Waals surface area contributed by atoms with Gasteiger partial charge in [0.2, 0.25) is 0 Å². The average molecular weight is 313 g/mol. The Morgan fingerprint density at radius 1 is 1.18 bits per heavy atom. The summed E-state index contributed by atoms with van der Waals surface area (Å²) in [4.78, 5) is 0. The van der Waals surface area contributed by atoms with Crippen molar-refractivity contribution in [2.24, 2.45) is 0 Å². The highest BCUT2D eigenvalue weighted by Gasteiger charge is 2.33. The average Bonchev–Trinajstić information content (AvgIpc) is 3.20. The van der Waals surface area contributed by atoms with E-state index in [0.717, 1.165) is 21.0 Å². The summed E-state index contributed by atoms with van der Waals surface area (Å²) in [6.07, 6.45) is 5.00. The minimum Gasteiger partial charge on any atom is -0.282 e. The van der Waals surface area contributed by atoms with Crippen LogP contribution in [-0.4, -0.2) is 14.6 Å². The van der Waals surface area contributed by atoms with Crippen LogP contribution in [0.3, 0.4) is 0 Å². The normalized spacial score (nSPS) is 20.1. The van der Waals surface area contributed by atoms with Crippen LogP contribution >= 0.6 is 27.5 Å². The van der Waals surface area contributed by atoms with Crippen LogP contribution < -0.4 is 0 Å². The first kappa shape index (κ1) is 10.3. The van der Waals surface area contributed by atoms with Crippen LogP contribution in [0, 0.1) is 0 Å². The van der Waals surface area contributed by atoms with E-state index >= 15 is 0 Å². The molecule has 2 saturated carbocycles. The molecule has 3 nitrogen and oxygen atoms in total. The molecule has 5 heteroatoms. The Morgan fingerprint density at radius 3 is 2.53 bits per heavy atom. The molecule has 0 aromatic carbocycles. The van der Waals surface area contributed by atoms with Crippen molar-refractivity contribution >= 4 is 33.2 Å². The quantitative estimate of drug-likeness (QED) is 0.842. The summed E-state index contributed by atoms with van der Waals surface area (Å²) in [5.74, 6) is 2.38. The third-order valence-electron chi connectivity index (χ3n) is 3.57. The van der Waals surface area contributed by atoms with Gasteiger partial charge in [0.25, 0.3) is 0 Å². The lowest BCUT2D eigenvalue weighted by atomic mass is 10.2. The number of nitrogens with zero attached hydrogens (tertiary/aromatic N) is 3. The molecule has 88 valence electrons. The Kier molecular flexibility index (Phi) is 2.10. The van der Waals surface area contributed by atoms with Gasteiger partial charge in [-0.3, -0.25) is 4.40 Å².